The van der Waals surface area contributed by atoms with E-state index in [1.807, 2.05) is 0 Å². The third kappa shape index (κ3) is 3.66. The summed E-state index contributed by atoms with van der Waals surface area (Å²) in [4.78, 5) is 3.53. The van der Waals surface area contributed by atoms with Gasteiger partial charge in [-0.05, 0) is 63.5 Å². The summed E-state index contributed by atoms with van der Waals surface area (Å²) in [5.74, 6) is 0. The maximum absolute atomic E-state index is 9.10. The van der Waals surface area contributed by atoms with Gasteiger partial charge in [-0.25, -0.2) is 0 Å². The van der Waals surface area contributed by atoms with Crippen molar-refractivity contribution in [3.8, 4) is 0 Å². The van der Waals surface area contributed by atoms with Gasteiger partial charge in [-0.2, -0.15) is 0 Å². The molecule has 144 valence electrons. The van der Waals surface area contributed by atoms with Crippen LogP contribution in [0, 0.1) is 5.39 Å². The molecule has 4 aliphatic rings. The number of fused-ring (bicyclic) bond motifs is 8. The molecule has 0 saturated carbocycles. The van der Waals surface area contributed by atoms with Gasteiger partial charge in [0.2, 0.25) is 0 Å². The molecule has 1 aromatic rings. The van der Waals surface area contributed by atoms with Gasteiger partial charge < -0.3 is 20.9 Å². The van der Waals surface area contributed by atoms with E-state index >= 15 is 0 Å². The lowest BCUT2D eigenvalue weighted by molar-refractivity contribution is 0.403. The Bertz CT molecular complexity index is 748. The molecule has 0 aliphatic carbocycles. The molecule has 4 N–H and O–H groups in total. The van der Waals surface area contributed by atoms with E-state index in [0.717, 1.165) is 30.7 Å². The predicted octanol–water partition coefficient (Wildman–Crippen LogP) is 2.27. The van der Waals surface area contributed by atoms with Crippen molar-refractivity contribution < 1.29 is 0 Å². The molecular weight excluding hydrogens is 338 g/mol. The van der Waals surface area contributed by atoms with Crippen LogP contribution in [0.25, 0.3) is 5.08 Å². The van der Waals surface area contributed by atoms with Crippen molar-refractivity contribution in [1.29, 1.82) is 5.39 Å². The average molecular weight is 369 g/mol. The van der Waals surface area contributed by atoms with Gasteiger partial charge in [0.05, 0.1) is 11.7 Å². The van der Waals surface area contributed by atoms with Crippen LogP contribution in [0.15, 0.2) is 17.2 Å². The molecule has 7 heteroatoms. The molecule has 5 heterocycles. The van der Waals surface area contributed by atoms with Gasteiger partial charge in [0.15, 0.2) is 10.8 Å². The third-order valence-corrected chi connectivity index (χ3v) is 7.02. The lowest BCUT2D eigenvalue weighted by Gasteiger charge is -2.21. The third-order valence-electron chi connectivity index (χ3n) is 7.02. The predicted molar refractivity (Wildman–Crippen MR) is 105 cm³/mol. The zero-order valence-corrected chi connectivity index (χ0v) is 15.8. The largest absolute Gasteiger partial charge is 0.357 e. The molecule has 5 rings (SSSR count). The molecule has 4 aliphatic heterocycles. The molecule has 1 aromatic heterocycles. The molecule has 8 bridgehead atoms. The highest BCUT2D eigenvalue weighted by atomic mass is 15.3. The van der Waals surface area contributed by atoms with Gasteiger partial charge in [0.1, 0.15) is 0 Å². The van der Waals surface area contributed by atoms with Crippen molar-refractivity contribution in [2.45, 2.75) is 94.0 Å². The van der Waals surface area contributed by atoms with Crippen LogP contribution in [-0.2, 0) is 6.42 Å². The molecule has 3 fully saturated rings. The molecule has 27 heavy (non-hydrogen) atoms. The lowest BCUT2D eigenvalue weighted by atomic mass is 10.0. The van der Waals surface area contributed by atoms with Gasteiger partial charge in [0, 0.05) is 42.3 Å². The van der Waals surface area contributed by atoms with Crippen LogP contribution < -0.4 is 16.0 Å². The summed E-state index contributed by atoms with van der Waals surface area (Å²) in [6.45, 7) is 0. The van der Waals surface area contributed by atoms with Crippen molar-refractivity contribution in [2.24, 2.45) is 5.10 Å². The first-order valence-corrected chi connectivity index (χ1v) is 10.6. The van der Waals surface area contributed by atoms with Crippen LogP contribution in [0.5, 0.6) is 0 Å². The van der Waals surface area contributed by atoms with Crippen molar-refractivity contribution >= 4 is 5.71 Å². The maximum Gasteiger partial charge on any atom is 0.339 e. The zero-order valence-electron chi connectivity index (χ0n) is 15.8. The summed E-state index contributed by atoms with van der Waals surface area (Å²) >= 11 is 0. The number of hydrogen-bond acceptors (Lipinski definition) is 5. The van der Waals surface area contributed by atoms with E-state index in [1.165, 1.54) is 44.2 Å². The first-order chi connectivity index (χ1) is 13.3. The minimum absolute atomic E-state index is 0.150. The second-order valence-corrected chi connectivity index (χ2v) is 8.92. The quantitative estimate of drug-likeness (QED) is 0.417. The molecule has 0 aromatic carbocycles. The fraction of sp³-hybridized carbons (Fsp3) is 0.750. The number of aromatic nitrogens is 1. The van der Waals surface area contributed by atoms with Gasteiger partial charge in [-0.15, -0.1) is 0 Å². The molecule has 0 spiro atoms. The van der Waals surface area contributed by atoms with Crippen molar-refractivity contribution in [1.82, 2.24) is 20.9 Å². The summed E-state index contributed by atoms with van der Waals surface area (Å²) in [7, 11) is 0. The highest BCUT2D eigenvalue weighted by Gasteiger charge is 2.36. The van der Waals surface area contributed by atoms with E-state index in [1.54, 1.807) is 0 Å². The minimum Gasteiger partial charge on any atom is -0.357 e. The number of nitrogens with one attached hydrogen (secondary N) is 4. The second kappa shape index (κ2) is 7.34. The van der Waals surface area contributed by atoms with Gasteiger partial charge in [-0.1, -0.05) is 0 Å². The number of diazo groups is 1. The van der Waals surface area contributed by atoms with Crippen LogP contribution in [-0.4, -0.2) is 46.9 Å². The summed E-state index contributed by atoms with van der Waals surface area (Å²) in [5, 5.41) is 27.8. The normalized spacial score (nSPS) is 40.3. The smallest absolute Gasteiger partial charge is 0.339 e. The molecular formula is C20H30N7+. The summed E-state index contributed by atoms with van der Waals surface area (Å²) in [6, 6.07) is 7.38. The van der Waals surface area contributed by atoms with E-state index in [0.29, 0.717) is 30.2 Å². The fourth-order valence-corrected chi connectivity index (χ4v) is 5.76. The van der Waals surface area contributed by atoms with Crippen LogP contribution >= 0.6 is 0 Å². The molecule has 6 unspecified atom stereocenters. The van der Waals surface area contributed by atoms with Gasteiger partial charge in [-0.3, -0.25) is 0 Å². The highest BCUT2D eigenvalue weighted by molar-refractivity contribution is 6.03. The van der Waals surface area contributed by atoms with E-state index in [-0.39, 0.29) is 6.04 Å². The Balaban J connectivity index is 1.41. The van der Waals surface area contributed by atoms with Gasteiger partial charge in [0.25, 0.3) is 5.39 Å². The molecule has 0 radical (unpaired) electrons. The molecule has 6 atom stereocenters. The van der Waals surface area contributed by atoms with Crippen molar-refractivity contribution in [3.05, 3.63) is 28.6 Å². The van der Waals surface area contributed by atoms with E-state index < -0.39 is 0 Å². The topological polar surface area (TPSA) is 92.4 Å². The second-order valence-electron chi connectivity index (χ2n) is 8.92. The Labute approximate surface area is 160 Å². The first-order valence-electron chi connectivity index (χ1n) is 10.6. The Kier molecular flexibility index (Phi) is 4.72. The molecule has 0 amide bonds. The van der Waals surface area contributed by atoms with Crippen LogP contribution in [0.4, 0.5) is 0 Å². The van der Waals surface area contributed by atoms with Crippen LogP contribution in [0.1, 0.15) is 62.8 Å². The molecule has 7 nitrogen and oxygen atoms in total. The summed E-state index contributed by atoms with van der Waals surface area (Å²) in [6.07, 6.45) is 10.8. The number of nitrogens with zero attached hydrogens (tertiary/aromatic N) is 3. The first kappa shape index (κ1) is 17.4. The SMILES string of the molecule is N#[N+]N=C1c2ccc([nH]2)CC2CCC(CC3CCC(CC4CCC1N4)N3)N2. The van der Waals surface area contributed by atoms with Crippen LogP contribution in [0.3, 0.4) is 0 Å². The minimum atomic E-state index is 0.150. The number of hydrogen-bond donors (Lipinski definition) is 4. The van der Waals surface area contributed by atoms with E-state index in [4.69, 9.17) is 5.39 Å². The Morgan fingerprint density at radius 1 is 0.815 bits per heavy atom. The van der Waals surface area contributed by atoms with E-state index in [9.17, 15) is 0 Å². The van der Waals surface area contributed by atoms with Crippen molar-refractivity contribution in [3.63, 3.8) is 0 Å². The summed E-state index contributed by atoms with van der Waals surface area (Å²) < 4.78 is 0. The van der Waals surface area contributed by atoms with E-state index in [2.05, 4.69) is 43.3 Å². The number of H-pyrrole nitrogens is 1. The summed E-state index contributed by atoms with van der Waals surface area (Å²) in [5.41, 5.74) is 3.03. The number of rotatable bonds is 0. The highest BCUT2D eigenvalue weighted by Crippen LogP contribution is 2.28. The van der Waals surface area contributed by atoms with Crippen molar-refractivity contribution in [2.75, 3.05) is 0 Å². The lowest BCUT2D eigenvalue weighted by Crippen LogP contribution is -2.41. The maximum atomic E-state index is 9.10. The standard InChI is InChI=1S/C20H30N7/c21-27-26-20-18-7-5-16(24-18)10-14-3-1-12(22-14)9-13-2-4-15(23-13)11-17-6-8-19(20)25-17/h5,7,12-15,17,19,22-25H,1-4,6,8-11H2/q+1. The molecule has 3 saturated heterocycles. The Hall–Kier alpha value is -1.75. The van der Waals surface area contributed by atoms with Crippen LogP contribution in [0.2, 0.25) is 0 Å². The monoisotopic (exact) mass is 368 g/mol. The Morgan fingerprint density at radius 2 is 1.44 bits per heavy atom. The number of aromatic amines is 1. The Morgan fingerprint density at radius 3 is 2.19 bits per heavy atom. The van der Waals surface area contributed by atoms with Gasteiger partial charge >= 0.3 is 5.08 Å². The zero-order chi connectivity index (χ0) is 18.2. The average Bonchev–Trinajstić information content (AvgIpc) is 3.43. The fourth-order valence-electron chi connectivity index (χ4n) is 5.76.